The number of benzene rings is 1. The zero-order valence-electron chi connectivity index (χ0n) is 9.57. The van der Waals surface area contributed by atoms with Gasteiger partial charge < -0.3 is 4.74 Å². The van der Waals surface area contributed by atoms with Crippen molar-refractivity contribution in [2.24, 2.45) is 0 Å². The summed E-state index contributed by atoms with van der Waals surface area (Å²) >= 11 is 8.27. The summed E-state index contributed by atoms with van der Waals surface area (Å²) in [5, 5.41) is 0. The average Bonchev–Trinajstić information content (AvgIpc) is 2.69. The van der Waals surface area contributed by atoms with Crippen molar-refractivity contribution in [2.45, 2.75) is 6.92 Å². The molecule has 0 atom stereocenters. The Morgan fingerprint density at radius 3 is 2.61 bits per heavy atom. The van der Waals surface area contributed by atoms with Crippen LogP contribution in [0, 0.1) is 0 Å². The van der Waals surface area contributed by atoms with Crippen molar-refractivity contribution >= 4 is 49.0 Å². The van der Waals surface area contributed by atoms with Crippen LogP contribution < -0.4 is 4.74 Å². The molecule has 1 aromatic carbocycles. The highest BCUT2D eigenvalue weighted by Gasteiger charge is 2.18. The second-order valence-electron chi connectivity index (χ2n) is 3.50. The molecule has 94 valence electrons. The maximum Gasteiger partial charge on any atom is 0.198 e. The van der Waals surface area contributed by atoms with Crippen LogP contribution in [0.2, 0.25) is 0 Å². The number of para-hydroxylation sites is 1. The highest BCUT2D eigenvalue weighted by Crippen LogP contribution is 2.34. The molecule has 0 amide bonds. The van der Waals surface area contributed by atoms with Crippen LogP contribution >= 0.6 is 43.2 Å². The SMILES string of the molecule is CCOc1ccccc1C(=O)c1cc(Br)sc1Br. The van der Waals surface area contributed by atoms with E-state index in [1.165, 1.54) is 11.3 Å². The van der Waals surface area contributed by atoms with Gasteiger partial charge in [-0.05, 0) is 57.0 Å². The van der Waals surface area contributed by atoms with E-state index in [1.807, 2.05) is 31.2 Å². The van der Waals surface area contributed by atoms with Gasteiger partial charge in [-0.3, -0.25) is 4.79 Å². The van der Waals surface area contributed by atoms with Gasteiger partial charge >= 0.3 is 0 Å². The largest absolute Gasteiger partial charge is 0.493 e. The van der Waals surface area contributed by atoms with Crippen LogP contribution in [0.3, 0.4) is 0 Å². The van der Waals surface area contributed by atoms with Crippen molar-refractivity contribution in [1.29, 1.82) is 0 Å². The van der Waals surface area contributed by atoms with E-state index < -0.39 is 0 Å². The Hall–Kier alpha value is -0.650. The molecule has 0 N–H and O–H groups in total. The Bertz CT molecular complexity index is 578. The van der Waals surface area contributed by atoms with Gasteiger partial charge in [0.1, 0.15) is 5.75 Å². The summed E-state index contributed by atoms with van der Waals surface area (Å²) in [4.78, 5) is 12.5. The molecule has 1 aromatic heterocycles. The van der Waals surface area contributed by atoms with E-state index in [2.05, 4.69) is 31.9 Å². The predicted molar refractivity (Wildman–Crippen MR) is 80.8 cm³/mol. The first-order valence-electron chi connectivity index (χ1n) is 5.34. The van der Waals surface area contributed by atoms with Gasteiger partial charge in [0.05, 0.1) is 19.7 Å². The third kappa shape index (κ3) is 2.84. The number of thiophene rings is 1. The lowest BCUT2D eigenvalue weighted by atomic mass is 10.1. The molecular weight excluding hydrogens is 380 g/mol. The molecule has 0 unspecified atom stereocenters. The van der Waals surface area contributed by atoms with Crippen LogP contribution in [-0.4, -0.2) is 12.4 Å². The minimum atomic E-state index is -0.0344. The lowest BCUT2D eigenvalue weighted by Crippen LogP contribution is -2.04. The second-order valence-corrected chi connectivity index (χ2v) is 7.25. The number of hydrogen-bond donors (Lipinski definition) is 0. The third-order valence-corrected chi connectivity index (χ3v) is 4.67. The number of ketones is 1. The molecule has 0 saturated carbocycles. The van der Waals surface area contributed by atoms with Crippen molar-refractivity contribution < 1.29 is 9.53 Å². The maximum absolute atomic E-state index is 12.5. The molecule has 18 heavy (non-hydrogen) atoms. The summed E-state index contributed by atoms with van der Waals surface area (Å²) in [5.41, 5.74) is 1.24. The molecule has 2 nitrogen and oxygen atoms in total. The Balaban J connectivity index is 2.43. The summed E-state index contributed by atoms with van der Waals surface area (Å²) in [6.45, 7) is 2.44. The molecule has 0 bridgehead atoms. The van der Waals surface area contributed by atoms with Crippen LogP contribution in [-0.2, 0) is 0 Å². The van der Waals surface area contributed by atoms with Crippen molar-refractivity contribution in [3.05, 3.63) is 49.0 Å². The van der Waals surface area contributed by atoms with E-state index in [1.54, 1.807) is 6.07 Å². The summed E-state index contributed by atoms with van der Waals surface area (Å²) in [7, 11) is 0. The third-order valence-electron chi connectivity index (χ3n) is 2.33. The van der Waals surface area contributed by atoms with E-state index in [-0.39, 0.29) is 5.78 Å². The van der Waals surface area contributed by atoms with E-state index in [0.29, 0.717) is 23.5 Å². The molecule has 0 fully saturated rings. The van der Waals surface area contributed by atoms with Gasteiger partial charge in [0.2, 0.25) is 0 Å². The van der Waals surface area contributed by atoms with Crippen molar-refractivity contribution in [3.8, 4) is 5.75 Å². The number of ether oxygens (including phenoxy) is 1. The standard InChI is InChI=1S/C13H10Br2O2S/c1-2-17-10-6-4-3-5-8(10)12(16)9-7-11(14)18-13(9)15/h3-7H,2H2,1H3. The molecule has 0 radical (unpaired) electrons. The Morgan fingerprint density at radius 2 is 2.00 bits per heavy atom. The molecule has 2 rings (SSSR count). The molecule has 0 spiro atoms. The number of halogens is 2. The van der Waals surface area contributed by atoms with Crippen molar-refractivity contribution in [2.75, 3.05) is 6.61 Å². The monoisotopic (exact) mass is 388 g/mol. The van der Waals surface area contributed by atoms with E-state index in [4.69, 9.17) is 4.74 Å². The first-order valence-corrected chi connectivity index (χ1v) is 7.75. The zero-order valence-corrected chi connectivity index (χ0v) is 13.6. The smallest absolute Gasteiger partial charge is 0.198 e. The molecule has 0 aliphatic carbocycles. The van der Waals surface area contributed by atoms with Gasteiger partial charge in [-0.1, -0.05) is 12.1 Å². The van der Waals surface area contributed by atoms with Crippen LogP contribution in [0.15, 0.2) is 37.9 Å². The number of rotatable bonds is 4. The fourth-order valence-electron chi connectivity index (χ4n) is 1.58. The molecule has 0 saturated heterocycles. The second kappa shape index (κ2) is 5.99. The molecule has 5 heteroatoms. The van der Waals surface area contributed by atoms with Gasteiger partial charge in [-0.15, -0.1) is 11.3 Å². The maximum atomic E-state index is 12.5. The number of carbonyl (C=O) groups excluding carboxylic acids is 1. The number of hydrogen-bond acceptors (Lipinski definition) is 3. The van der Waals surface area contributed by atoms with Crippen LogP contribution in [0.1, 0.15) is 22.8 Å². The first kappa shape index (κ1) is 13.8. The summed E-state index contributed by atoms with van der Waals surface area (Å²) in [5.74, 6) is 0.590. The highest BCUT2D eigenvalue weighted by molar-refractivity contribution is 9.12. The molecule has 2 aromatic rings. The Kier molecular flexibility index (Phi) is 4.59. The molecule has 0 aliphatic rings. The van der Waals surface area contributed by atoms with Crippen molar-refractivity contribution in [1.82, 2.24) is 0 Å². The van der Waals surface area contributed by atoms with Crippen molar-refractivity contribution in [3.63, 3.8) is 0 Å². The van der Waals surface area contributed by atoms with Gasteiger partial charge in [-0.25, -0.2) is 0 Å². The summed E-state index contributed by atoms with van der Waals surface area (Å²) in [6.07, 6.45) is 0. The molecule has 0 aliphatic heterocycles. The Labute approximate surface area is 126 Å². The van der Waals surface area contributed by atoms with Crippen LogP contribution in [0.5, 0.6) is 5.75 Å². The average molecular weight is 390 g/mol. The number of carbonyl (C=O) groups is 1. The summed E-state index contributed by atoms with van der Waals surface area (Å²) in [6, 6.07) is 9.11. The van der Waals surface area contributed by atoms with Gasteiger partial charge in [0, 0.05) is 5.56 Å². The van der Waals surface area contributed by atoms with Gasteiger partial charge in [0.25, 0.3) is 0 Å². The minimum Gasteiger partial charge on any atom is -0.493 e. The van der Waals surface area contributed by atoms with Crippen LogP contribution in [0.4, 0.5) is 0 Å². The van der Waals surface area contributed by atoms with Gasteiger partial charge in [-0.2, -0.15) is 0 Å². The lowest BCUT2D eigenvalue weighted by Gasteiger charge is -2.08. The highest BCUT2D eigenvalue weighted by atomic mass is 79.9. The zero-order chi connectivity index (χ0) is 13.1. The fourth-order valence-corrected chi connectivity index (χ4v) is 4.37. The van der Waals surface area contributed by atoms with Gasteiger partial charge in [0.15, 0.2) is 5.78 Å². The minimum absolute atomic E-state index is 0.0344. The normalized spacial score (nSPS) is 10.4. The molecular formula is C13H10Br2O2S. The Morgan fingerprint density at radius 1 is 1.28 bits per heavy atom. The van der Waals surface area contributed by atoms with E-state index >= 15 is 0 Å². The van der Waals surface area contributed by atoms with E-state index in [9.17, 15) is 4.79 Å². The topological polar surface area (TPSA) is 26.3 Å². The summed E-state index contributed by atoms with van der Waals surface area (Å²) < 4.78 is 7.23. The lowest BCUT2D eigenvalue weighted by molar-refractivity contribution is 0.103. The van der Waals surface area contributed by atoms with Crippen LogP contribution in [0.25, 0.3) is 0 Å². The first-order chi connectivity index (χ1) is 8.63. The quantitative estimate of drug-likeness (QED) is 0.695. The van der Waals surface area contributed by atoms with E-state index in [0.717, 1.165) is 7.57 Å². The fraction of sp³-hybridized carbons (Fsp3) is 0.154. The predicted octanol–water partition coefficient (Wildman–Crippen LogP) is 4.90. The molecule has 1 heterocycles.